The topological polar surface area (TPSA) is 65.0 Å². The minimum absolute atomic E-state index is 0.0692. The molecule has 0 saturated carbocycles. The Kier molecular flexibility index (Phi) is 5.35. The molecular weight excluding hydrogens is 294 g/mol. The lowest BCUT2D eigenvalue weighted by Crippen LogP contribution is -2.48. The number of nitrogens with zero attached hydrogens (tertiary/aromatic N) is 2. The Labute approximate surface area is 137 Å². The van der Waals surface area contributed by atoms with Crippen LogP contribution in [-0.4, -0.2) is 72.4 Å². The number of carbonyl (C=O) groups excluding carboxylic acids is 1. The minimum atomic E-state index is -0.498. The van der Waals surface area contributed by atoms with Crippen molar-refractivity contribution in [3.05, 3.63) is 30.3 Å². The molecule has 6 heteroatoms. The third kappa shape index (κ3) is 4.36. The summed E-state index contributed by atoms with van der Waals surface area (Å²) in [6.45, 7) is 4.32. The molecule has 0 spiro atoms. The van der Waals surface area contributed by atoms with Crippen LogP contribution in [0, 0.1) is 0 Å². The fraction of sp³-hybridized carbons (Fsp3) is 0.588. The van der Waals surface area contributed by atoms with Gasteiger partial charge in [0.15, 0.2) is 0 Å². The standard InChI is InChI=1S/C17H25N3O3/c21-15(13-23-16-4-2-1-3-5-16)12-19-9-6-14(7-10-19)20-11-8-18-17(20)22/h1-5,14-15,21H,6-13H2,(H,18,22). The summed E-state index contributed by atoms with van der Waals surface area (Å²) < 4.78 is 5.59. The fourth-order valence-electron chi connectivity index (χ4n) is 3.31. The molecule has 126 valence electrons. The molecule has 2 aliphatic heterocycles. The number of piperidine rings is 1. The van der Waals surface area contributed by atoms with Gasteiger partial charge in [-0.25, -0.2) is 4.79 Å². The lowest BCUT2D eigenvalue weighted by molar-refractivity contribution is 0.0508. The number of para-hydroxylation sites is 1. The van der Waals surface area contributed by atoms with E-state index in [-0.39, 0.29) is 6.03 Å². The Morgan fingerprint density at radius 3 is 2.61 bits per heavy atom. The molecule has 1 unspecified atom stereocenters. The monoisotopic (exact) mass is 319 g/mol. The number of β-amino-alcohol motifs (C(OH)–C–C–N with tert-alkyl or cyclic N) is 1. The molecule has 0 aliphatic carbocycles. The van der Waals surface area contributed by atoms with E-state index in [9.17, 15) is 9.90 Å². The van der Waals surface area contributed by atoms with Crippen molar-refractivity contribution in [1.82, 2.24) is 15.1 Å². The van der Waals surface area contributed by atoms with Crippen LogP contribution in [0.1, 0.15) is 12.8 Å². The van der Waals surface area contributed by atoms with Gasteiger partial charge in [0.1, 0.15) is 18.5 Å². The zero-order valence-corrected chi connectivity index (χ0v) is 13.4. The van der Waals surface area contributed by atoms with E-state index >= 15 is 0 Å². The molecule has 2 aliphatic rings. The summed E-state index contributed by atoms with van der Waals surface area (Å²) >= 11 is 0. The smallest absolute Gasteiger partial charge is 0.317 e. The molecule has 2 heterocycles. The second-order valence-electron chi connectivity index (χ2n) is 6.23. The largest absolute Gasteiger partial charge is 0.491 e. The van der Waals surface area contributed by atoms with E-state index in [0.717, 1.165) is 44.8 Å². The Morgan fingerprint density at radius 2 is 1.96 bits per heavy atom. The number of aliphatic hydroxyl groups is 1. The Bertz CT molecular complexity index is 503. The van der Waals surface area contributed by atoms with Gasteiger partial charge in [-0.1, -0.05) is 18.2 Å². The average Bonchev–Trinajstić information content (AvgIpc) is 3.01. The highest BCUT2D eigenvalue weighted by Gasteiger charge is 2.30. The molecule has 1 atom stereocenters. The number of likely N-dealkylation sites (tertiary alicyclic amines) is 1. The van der Waals surface area contributed by atoms with Gasteiger partial charge in [0.2, 0.25) is 0 Å². The van der Waals surface area contributed by atoms with Gasteiger partial charge in [0, 0.05) is 38.8 Å². The van der Waals surface area contributed by atoms with Crippen molar-refractivity contribution in [2.75, 3.05) is 39.3 Å². The van der Waals surface area contributed by atoms with E-state index in [1.165, 1.54) is 0 Å². The lowest BCUT2D eigenvalue weighted by Gasteiger charge is -2.36. The van der Waals surface area contributed by atoms with E-state index in [2.05, 4.69) is 10.2 Å². The maximum atomic E-state index is 11.7. The van der Waals surface area contributed by atoms with Gasteiger partial charge in [-0.2, -0.15) is 0 Å². The van der Waals surface area contributed by atoms with Crippen LogP contribution in [-0.2, 0) is 0 Å². The van der Waals surface area contributed by atoms with Gasteiger partial charge >= 0.3 is 6.03 Å². The molecule has 1 aromatic rings. The molecule has 2 saturated heterocycles. The molecule has 2 amide bonds. The lowest BCUT2D eigenvalue weighted by atomic mass is 10.0. The number of nitrogens with one attached hydrogen (secondary N) is 1. The average molecular weight is 319 g/mol. The molecule has 2 N–H and O–H groups in total. The van der Waals surface area contributed by atoms with Gasteiger partial charge in [0.25, 0.3) is 0 Å². The second kappa shape index (κ2) is 7.66. The number of amides is 2. The van der Waals surface area contributed by atoms with Gasteiger partial charge in [-0.3, -0.25) is 0 Å². The predicted octanol–water partition coefficient (Wildman–Crippen LogP) is 0.916. The van der Waals surface area contributed by atoms with Crippen LogP contribution < -0.4 is 10.1 Å². The van der Waals surface area contributed by atoms with Crippen LogP contribution in [0.5, 0.6) is 5.75 Å². The fourth-order valence-corrected chi connectivity index (χ4v) is 3.31. The van der Waals surface area contributed by atoms with Crippen molar-refractivity contribution in [2.24, 2.45) is 0 Å². The van der Waals surface area contributed by atoms with E-state index in [1.54, 1.807) is 0 Å². The SMILES string of the molecule is O=C1NCCN1C1CCN(CC(O)COc2ccccc2)CC1. The van der Waals surface area contributed by atoms with E-state index in [0.29, 0.717) is 19.2 Å². The van der Waals surface area contributed by atoms with E-state index in [4.69, 9.17) is 4.74 Å². The number of hydrogen-bond donors (Lipinski definition) is 2. The Hall–Kier alpha value is -1.79. The number of ether oxygens (including phenoxy) is 1. The van der Waals surface area contributed by atoms with E-state index < -0.39 is 6.10 Å². The number of aliphatic hydroxyl groups excluding tert-OH is 1. The van der Waals surface area contributed by atoms with Crippen molar-refractivity contribution in [2.45, 2.75) is 25.0 Å². The highest BCUT2D eigenvalue weighted by Crippen LogP contribution is 2.18. The van der Waals surface area contributed by atoms with E-state index in [1.807, 2.05) is 35.2 Å². The first-order valence-electron chi connectivity index (χ1n) is 8.35. The third-order valence-corrected chi connectivity index (χ3v) is 4.54. The van der Waals surface area contributed by atoms with Crippen LogP contribution in [0.3, 0.4) is 0 Å². The highest BCUT2D eigenvalue weighted by atomic mass is 16.5. The number of carbonyl (C=O) groups is 1. The van der Waals surface area contributed by atoms with Gasteiger partial charge in [-0.15, -0.1) is 0 Å². The van der Waals surface area contributed by atoms with Crippen molar-refractivity contribution >= 4 is 6.03 Å². The van der Waals surface area contributed by atoms with Crippen LogP contribution in [0.2, 0.25) is 0 Å². The summed E-state index contributed by atoms with van der Waals surface area (Å²) in [5.74, 6) is 0.783. The zero-order valence-electron chi connectivity index (χ0n) is 13.4. The summed E-state index contributed by atoms with van der Waals surface area (Å²) in [5.41, 5.74) is 0. The maximum Gasteiger partial charge on any atom is 0.317 e. The summed E-state index contributed by atoms with van der Waals surface area (Å²) in [6, 6.07) is 9.96. The number of hydrogen-bond acceptors (Lipinski definition) is 4. The summed E-state index contributed by atoms with van der Waals surface area (Å²) in [4.78, 5) is 15.9. The normalized spacial score (nSPS) is 21.3. The molecule has 0 bridgehead atoms. The number of urea groups is 1. The van der Waals surface area contributed by atoms with Crippen LogP contribution in [0.4, 0.5) is 4.79 Å². The molecule has 0 aromatic heterocycles. The van der Waals surface area contributed by atoms with Crippen molar-refractivity contribution in [3.8, 4) is 5.75 Å². The molecule has 3 rings (SSSR count). The molecule has 2 fully saturated rings. The number of benzene rings is 1. The van der Waals surface area contributed by atoms with Gasteiger partial charge in [0.05, 0.1) is 0 Å². The molecular formula is C17H25N3O3. The Balaban J connectivity index is 1.37. The predicted molar refractivity (Wildman–Crippen MR) is 87.5 cm³/mol. The van der Waals surface area contributed by atoms with Crippen molar-refractivity contribution < 1.29 is 14.6 Å². The first-order valence-corrected chi connectivity index (χ1v) is 8.35. The van der Waals surface area contributed by atoms with Crippen LogP contribution in [0.15, 0.2) is 30.3 Å². The first kappa shape index (κ1) is 16.1. The van der Waals surface area contributed by atoms with Gasteiger partial charge in [-0.05, 0) is 25.0 Å². The van der Waals surface area contributed by atoms with Gasteiger partial charge < -0.3 is 25.0 Å². The molecule has 1 aromatic carbocycles. The third-order valence-electron chi connectivity index (χ3n) is 4.54. The van der Waals surface area contributed by atoms with Crippen LogP contribution in [0.25, 0.3) is 0 Å². The summed E-state index contributed by atoms with van der Waals surface area (Å²) in [5, 5.41) is 13.0. The summed E-state index contributed by atoms with van der Waals surface area (Å²) in [7, 11) is 0. The zero-order chi connectivity index (χ0) is 16.1. The van der Waals surface area contributed by atoms with Crippen LogP contribution >= 0.6 is 0 Å². The Morgan fingerprint density at radius 1 is 1.22 bits per heavy atom. The first-order chi connectivity index (χ1) is 11.2. The molecule has 0 radical (unpaired) electrons. The highest BCUT2D eigenvalue weighted by molar-refractivity contribution is 5.76. The maximum absolute atomic E-state index is 11.7. The van der Waals surface area contributed by atoms with Crippen molar-refractivity contribution in [3.63, 3.8) is 0 Å². The van der Waals surface area contributed by atoms with Crippen molar-refractivity contribution in [1.29, 1.82) is 0 Å². The minimum Gasteiger partial charge on any atom is -0.491 e. The summed E-state index contributed by atoms with van der Waals surface area (Å²) in [6.07, 6.45) is 1.45. The second-order valence-corrected chi connectivity index (χ2v) is 6.23. The molecule has 23 heavy (non-hydrogen) atoms. The molecule has 6 nitrogen and oxygen atoms in total. The number of rotatable bonds is 6. The quantitative estimate of drug-likeness (QED) is 0.818.